The molecule has 4 aromatic rings. The smallest absolute Gasteiger partial charge is 0.234 e. The van der Waals surface area contributed by atoms with Gasteiger partial charge < -0.3 is 5.32 Å². The average molecular weight is 451 g/mol. The topological polar surface area (TPSA) is 59.8 Å². The van der Waals surface area contributed by atoms with Crippen LogP contribution in [0.25, 0.3) is 17.1 Å². The number of nitrogens with one attached hydrogen (secondary N) is 1. The number of halogens is 2. The first-order valence-electron chi connectivity index (χ1n) is 9.89. The number of anilines is 1. The van der Waals surface area contributed by atoms with Crippen molar-refractivity contribution in [3.8, 4) is 17.1 Å². The fourth-order valence-electron chi connectivity index (χ4n) is 3.22. The Labute approximate surface area is 188 Å². The van der Waals surface area contributed by atoms with Crippen LogP contribution in [0.3, 0.4) is 0 Å². The van der Waals surface area contributed by atoms with E-state index in [1.165, 1.54) is 16.7 Å². The molecule has 162 valence electrons. The van der Waals surface area contributed by atoms with E-state index in [-0.39, 0.29) is 17.3 Å². The third-order valence-electron chi connectivity index (χ3n) is 5.03. The number of aromatic nitrogens is 3. The molecule has 5 nitrogen and oxygen atoms in total. The number of amides is 1. The van der Waals surface area contributed by atoms with Crippen molar-refractivity contribution in [3.05, 3.63) is 89.5 Å². The Kier molecular flexibility index (Phi) is 6.32. The normalized spacial score (nSPS) is 10.9. The van der Waals surface area contributed by atoms with Crippen molar-refractivity contribution in [2.75, 3.05) is 11.1 Å². The molecule has 0 fully saturated rings. The molecule has 0 atom stereocenters. The van der Waals surface area contributed by atoms with Crippen molar-refractivity contribution in [1.82, 2.24) is 14.8 Å². The van der Waals surface area contributed by atoms with Crippen molar-refractivity contribution in [3.63, 3.8) is 0 Å². The summed E-state index contributed by atoms with van der Waals surface area (Å²) < 4.78 is 29.6. The van der Waals surface area contributed by atoms with Crippen LogP contribution < -0.4 is 5.32 Å². The van der Waals surface area contributed by atoms with Crippen molar-refractivity contribution in [2.24, 2.45) is 0 Å². The summed E-state index contributed by atoms with van der Waals surface area (Å²) in [6.45, 7) is 3.92. The molecule has 4 rings (SSSR count). The maximum atomic E-state index is 14.7. The fourth-order valence-corrected chi connectivity index (χ4v) is 3.97. The molecule has 0 saturated heterocycles. The molecule has 0 aliphatic heterocycles. The lowest BCUT2D eigenvalue weighted by Crippen LogP contribution is -2.15. The molecule has 0 unspecified atom stereocenters. The van der Waals surface area contributed by atoms with Gasteiger partial charge >= 0.3 is 0 Å². The van der Waals surface area contributed by atoms with Gasteiger partial charge in [0.15, 0.2) is 11.0 Å². The highest BCUT2D eigenvalue weighted by molar-refractivity contribution is 7.99. The first-order valence-corrected chi connectivity index (χ1v) is 10.9. The van der Waals surface area contributed by atoms with Crippen LogP contribution in [0.15, 0.2) is 71.9 Å². The van der Waals surface area contributed by atoms with Gasteiger partial charge in [-0.3, -0.25) is 9.36 Å². The molecule has 8 heteroatoms. The van der Waals surface area contributed by atoms with Crippen LogP contribution in [0.4, 0.5) is 14.5 Å². The number of nitrogens with zero attached hydrogens (tertiary/aromatic N) is 3. The predicted octanol–water partition coefficient (Wildman–Crippen LogP) is 5.56. The number of aryl methyl sites for hydroxylation is 1. The summed E-state index contributed by atoms with van der Waals surface area (Å²) in [6, 6.07) is 18.2. The van der Waals surface area contributed by atoms with Crippen molar-refractivity contribution in [2.45, 2.75) is 19.0 Å². The minimum atomic E-state index is -0.747. The third-order valence-corrected chi connectivity index (χ3v) is 5.96. The molecule has 32 heavy (non-hydrogen) atoms. The number of carbonyl (C=O) groups is 1. The van der Waals surface area contributed by atoms with E-state index in [0.29, 0.717) is 11.0 Å². The lowest BCUT2D eigenvalue weighted by molar-refractivity contribution is -0.113. The van der Waals surface area contributed by atoms with E-state index >= 15 is 0 Å². The highest BCUT2D eigenvalue weighted by Crippen LogP contribution is 2.29. The van der Waals surface area contributed by atoms with Crippen LogP contribution in [0.5, 0.6) is 0 Å². The molecule has 0 aliphatic rings. The lowest BCUT2D eigenvalue weighted by atomic mass is 10.1. The zero-order valence-electron chi connectivity index (χ0n) is 17.5. The first-order chi connectivity index (χ1) is 15.4. The molecule has 1 amide bonds. The Balaban J connectivity index is 1.63. The van der Waals surface area contributed by atoms with Gasteiger partial charge in [0, 0.05) is 17.3 Å². The Morgan fingerprint density at radius 2 is 1.78 bits per heavy atom. The summed E-state index contributed by atoms with van der Waals surface area (Å²) in [5, 5.41) is 11.6. The summed E-state index contributed by atoms with van der Waals surface area (Å²) in [4.78, 5) is 12.6. The highest BCUT2D eigenvalue weighted by Gasteiger charge is 2.20. The Bertz CT molecular complexity index is 1270. The lowest BCUT2D eigenvalue weighted by Gasteiger charge is -2.12. The van der Waals surface area contributed by atoms with E-state index in [2.05, 4.69) is 15.5 Å². The second kappa shape index (κ2) is 9.32. The summed E-state index contributed by atoms with van der Waals surface area (Å²) in [7, 11) is 0. The Hall–Kier alpha value is -3.52. The maximum absolute atomic E-state index is 14.7. The van der Waals surface area contributed by atoms with E-state index in [4.69, 9.17) is 0 Å². The predicted molar refractivity (Wildman–Crippen MR) is 122 cm³/mol. The molecule has 0 bridgehead atoms. The van der Waals surface area contributed by atoms with Gasteiger partial charge in [0.2, 0.25) is 5.91 Å². The largest absolute Gasteiger partial charge is 0.325 e. The van der Waals surface area contributed by atoms with Crippen LogP contribution >= 0.6 is 11.8 Å². The molecular formula is C24H20F2N4OS. The first kappa shape index (κ1) is 21.7. The van der Waals surface area contributed by atoms with Gasteiger partial charge in [0.25, 0.3) is 0 Å². The minimum Gasteiger partial charge on any atom is -0.325 e. The van der Waals surface area contributed by atoms with Crippen LogP contribution in [0, 0.1) is 25.5 Å². The maximum Gasteiger partial charge on any atom is 0.234 e. The third kappa shape index (κ3) is 4.55. The SMILES string of the molecule is Cc1cccc(NC(=O)CSc2nnc(-c3ccccc3)n2-c2ccc(F)cc2F)c1C. The van der Waals surface area contributed by atoms with Crippen LogP contribution in [-0.4, -0.2) is 26.4 Å². The van der Waals surface area contributed by atoms with E-state index in [1.807, 2.05) is 62.4 Å². The molecule has 3 aromatic carbocycles. The van der Waals surface area contributed by atoms with Gasteiger partial charge in [-0.05, 0) is 43.2 Å². The van der Waals surface area contributed by atoms with E-state index in [0.717, 1.165) is 40.2 Å². The average Bonchev–Trinajstić information content (AvgIpc) is 3.20. The Morgan fingerprint density at radius 1 is 1.00 bits per heavy atom. The molecule has 1 aromatic heterocycles. The number of carbonyl (C=O) groups excluding carboxylic acids is 1. The number of benzene rings is 3. The standard InChI is InChI=1S/C24H20F2N4OS/c1-15-7-6-10-20(16(15)2)27-22(31)14-32-24-29-28-23(17-8-4-3-5-9-17)30(24)21-12-11-18(25)13-19(21)26/h3-13H,14H2,1-2H3,(H,27,31). The number of thioether (sulfide) groups is 1. The molecule has 0 radical (unpaired) electrons. The summed E-state index contributed by atoms with van der Waals surface area (Å²) in [5.41, 5.74) is 3.64. The number of rotatable bonds is 6. The van der Waals surface area contributed by atoms with Gasteiger partial charge in [-0.25, -0.2) is 8.78 Å². The van der Waals surface area contributed by atoms with Crippen LogP contribution in [-0.2, 0) is 4.79 Å². The van der Waals surface area contributed by atoms with Crippen molar-refractivity contribution < 1.29 is 13.6 Å². The van der Waals surface area contributed by atoms with Crippen LogP contribution in [0.1, 0.15) is 11.1 Å². The highest BCUT2D eigenvalue weighted by atomic mass is 32.2. The summed E-state index contributed by atoms with van der Waals surface area (Å²) >= 11 is 1.12. The van der Waals surface area contributed by atoms with Crippen molar-refractivity contribution >= 4 is 23.4 Å². The molecule has 1 heterocycles. The van der Waals surface area contributed by atoms with E-state index < -0.39 is 11.6 Å². The van der Waals surface area contributed by atoms with Gasteiger partial charge in [0.05, 0.1) is 11.4 Å². The van der Waals surface area contributed by atoms with Gasteiger partial charge in [0.1, 0.15) is 11.6 Å². The molecule has 0 aliphatic carbocycles. The Morgan fingerprint density at radius 3 is 2.53 bits per heavy atom. The zero-order chi connectivity index (χ0) is 22.7. The van der Waals surface area contributed by atoms with E-state index in [9.17, 15) is 13.6 Å². The molecule has 1 N–H and O–H groups in total. The van der Waals surface area contributed by atoms with Crippen LogP contribution in [0.2, 0.25) is 0 Å². The van der Waals surface area contributed by atoms with Crippen molar-refractivity contribution in [1.29, 1.82) is 0 Å². The van der Waals surface area contributed by atoms with E-state index in [1.54, 1.807) is 0 Å². The molecule has 0 saturated carbocycles. The second-order valence-electron chi connectivity index (χ2n) is 7.19. The quantitative estimate of drug-likeness (QED) is 0.391. The molecule has 0 spiro atoms. The van der Waals surface area contributed by atoms with Gasteiger partial charge in [-0.2, -0.15) is 0 Å². The molecular weight excluding hydrogens is 430 g/mol. The zero-order valence-corrected chi connectivity index (χ0v) is 18.3. The van der Waals surface area contributed by atoms with Gasteiger partial charge in [-0.1, -0.05) is 54.2 Å². The minimum absolute atomic E-state index is 0.0448. The monoisotopic (exact) mass is 450 g/mol. The van der Waals surface area contributed by atoms with Gasteiger partial charge in [-0.15, -0.1) is 10.2 Å². The second-order valence-corrected chi connectivity index (χ2v) is 8.13. The fraction of sp³-hybridized carbons (Fsp3) is 0.125. The number of hydrogen-bond donors (Lipinski definition) is 1. The summed E-state index contributed by atoms with van der Waals surface area (Å²) in [6.07, 6.45) is 0. The summed E-state index contributed by atoms with van der Waals surface area (Å²) in [5.74, 6) is -1.21. The number of hydrogen-bond acceptors (Lipinski definition) is 4.